The number of halogens is 2. The Morgan fingerprint density at radius 2 is 1.65 bits per heavy atom. The average Bonchev–Trinajstić information content (AvgIpc) is 2.76. The Morgan fingerprint density at radius 1 is 1.00 bits per heavy atom. The third-order valence-corrected chi connectivity index (χ3v) is 4.38. The highest BCUT2D eigenvalue weighted by molar-refractivity contribution is 9.10. The Balaban J connectivity index is 1.88. The summed E-state index contributed by atoms with van der Waals surface area (Å²) in [6.45, 7) is -1.14. The molecule has 2 N–H and O–H groups in total. The fourth-order valence-electron chi connectivity index (χ4n) is 2.44. The Kier molecular flexibility index (Phi) is 8.62. The van der Waals surface area contributed by atoms with Crippen LogP contribution in [0.3, 0.4) is 0 Å². The van der Waals surface area contributed by atoms with Gasteiger partial charge in [0.1, 0.15) is 12.4 Å². The van der Waals surface area contributed by atoms with Gasteiger partial charge in [-0.1, -0.05) is 15.9 Å². The van der Waals surface area contributed by atoms with Crippen LogP contribution in [0.5, 0.6) is 17.2 Å². The first kappa shape index (κ1) is 23.9. The zero-order valence-electron chi connectivity index (χ0n) is 16.9. The lowest BCUT2D eigenvalue weighted by atomic mass is 10.1. The molecule has 0 aliphatic heterocycles. The number of carbonyl (C=O) groups is 3. The van der Waals surface area contributed by atoms with Crippen molar-refractivity contribution in [2.75, 3.05) is 39.8 Å². The molecule has 11 heteroatoms. The molecule has 2 rings (SSSR count). The number of ether oxygens (including phenoxy) is 4. The van der Waals surface area contributed by atoms with Crippen molar-refractivity contribution in [2.24, 2.45) is 0 Å². The lowest BCUT2D eigenvalue weighted by Crippen LogP contribution is -2.32. The Morgan fingerprint density at radius 3 is 2.19 bits per heavy atom. The third-order valence-electron chi connectivity index (χ3n) is 3.89. The number of nitrogens with one attached hydrogen (secondary N) is 2. The van der Waals surface area contributed by atoms with Gasteiger partial charge in [0, 0.05) is 10.0 Å². The number of anilines is 1. The smallest absolute Gasteiger partial charge is 0.325 e. The number of hydrogen-bond acceptors (Lipinski definition) is 7. The maximum Gasteiger partial charge on any atom is 0.325 e. The monoisotopic (exact) mass is 498 g/mol. The van der Waals surface area contributed by atoms with Crippen LogP contribution in [0.15, 0.2) is 34.8 Å². The van der Waals surface area contributed by atoms with Crippen molar-refractivity contribution in [3.05, 3.63) is 46.2 Å². The van der Waals surface area contributed by atoms with Gasteiger partial charge in [0.05, 0.1) is 27.0 Å². The van der Waals surface area contributed by atoms with Crippen molar-refractivity contribution in [1.29, 1.82) is 0 Å². The largest absolute Gasteiger partial charge is 0.493 e. The number of methoxy groups -OCH3 is 3. The van der Waals surface area contributed by atoms with Crippen LogP contribution >= 0.6 is 15.9 Å². The number of hydrogen-bond donors (Lipinski definition) is 2. The van der Waals surface area contributed by atoms with E-state index in [1.165, 1.54) is 45.6 Å². The lowest BCUT2D eigenvalue weighted by molar-refractivity contribution is -0.146. The van der Waals surface area contributed by atoms with E-state index < -0.39 is 36.8 Å². The van der Waals surface area contributed by atoms with E-state index in [1.54, 1.807) is 6.07 Å². The topological polar surface area (TPSA) is 112 Å². The predicted molar refractivity (Wildman–Crippen MR) is 112 cm³/mol. The summed E-state index contributed by atoms with van der Waals surface area (Å²) in [7, 11) is 4.24. The lowest BCUT2D eigenvalue weighted by Gasteiger charge is -2.14. The Bertz CT molecular complexity index is 959. The second kappa shape index (κ2) is 11.2. The molecule has 0 fully saturated rings. The minimum absolute atomic E-state index is 0.0556. The summed E-state index contributed by atoms with van der Waals surface area (Å²) in [4.78, 5) is 36.0. The zero-order chi connectivity index (χ0) is 23.0. The molecule has 0 heterocycles. The third kappa shape index (κ3) is 6.57. The number of benzene rings is 2. The van der Waals surface area contributed by atoms with E-state index in [2.05, 4.69) is 26.6 Å². The molecule has 2 amide bonds. The zero-order valence-corrected chi connectivity index (χ0v) is 18.5. The van der Waals surface area contributed by atoms with Crippen molar-refractivity contribution < 1.29 is 37.7 Å². The second-order valence-corrected chi connectivity index (χ2v) is 6.85. The van der Waals surface area contributed by atoms with E-state index in [9.17, 15) is 18.8 Å². The van der Waals surface area contributed by atoms with Gasteiger partial charge in [0.15, 0.2) is 18.1 Å². The van der Waals surface area contributed by atoms with Crippen molar-refractivity contribution in [2.45, 2.75) is 0 Å². The van der Waals surface area contributed by atoms with Gasteiger partial charge >= 0.3 is 5.97 Å². The molecule has 0 aliphatic rings. The van der Waals surface area contributed by atoms with Gasteiger partial charge in [-0.25, -0.2) is 4.39 Å². The van der Waals surface area contributed by atoms with E-state index in [1.807, 2.05) is 0 Å². The Labute approximate surface area is 185 Å². The van der Waals surface area contributed by atoms with Crippen molar-refractivity contribution in [1.82, 2.24) is 5.32 Å². The standard InChI is InChI=1S/C20H20BrFN2O7/c1-28-15-6-11(7-16(29-2)19(15)30-3)20(27)23-9-18(26)31-10-17(25)24-14-5-4-12(21)8-13(14)22/h4-8H,9-10H2,1-3H3,(H,23,27)(H,24,25). The summed E-state index contributed by atoms with van der Waals surface area (Å²) >= 11 is 3.10. The van der Waals surface area contributed by atoms with Crippen LogP contribution < -0.4 is 24.8 Å². The molecule has 2 aromatic carbocycles. The molecule has 166 valence electrons. The van der Waals surface area contributed by atoms with Gasteiger partial charge < -0.3 is 29.6 Å². The van der Waals surface area contributed by atoms with Crippen LogP contribution in [0.25, 0.3) is 0 Å². The van der Waals surface area contributed by atoms with E-state index in [-0.39, 0.29) is 22.7 Å². The minimum atomic E-state index is -0.854. The number of amides is 2. The van der Waals surface area contributed by atoms with Crippen molar-refractivity contribution >= 4 is 39.4 Å². The number of rotatable bonds is 9. The number of carbonyl (C=O) groups excluding carboxylic acids is 3. The maximum atomic E-state index is 13.7. The van der Waals surface area contributed by atoms with Gasteiger partial charge in [0.25, 0.3) is 11.8 Å². The molecule has 9 nitrogen and oxygen atoms in total. The average molecular weight is 499 g/mol. The molecular weight excluding hydrogens is 479 g/mol. The van der Waals surface area contributed by atoms with E-state index in [0.717, 1.165) is 0 Å². The minimum Gasteiger partial charge on any atom is -0.493 e. The normalized spacial score (nSPS) is 10.1. The molecule has 2 aromatic rings. The van der Waals surface area contributed by atoms with Crippen LogP contribution in [0.4, 0.5) is 10.1 Å². The second-order valence-electron chi connectivity index (χ2n) is 5.93. The maximum absolute atomic E-state index is 13.7. The van der Waals surface area contributed by atoms with Gasteiger partial charge in [-0.3, -0.25) is 14.4 Å². The molecular formula is C20H20BrFN2O7. The first-order valence-electron chi connectivity index (χ1n) is 8.77. The van der Waals surface area contributed by atoms with Crippen LogP contribution in [-0.2, 0) is 14.3 Å². The molecule has 0 aromatic heterocycles. The molecule has 0 saturated carbocycles. The number of esters is 1. The van der Waals surface area contributed by atoms with Gasteiger partial charge in [-0.05, 0) is 30.3 Å². The highest BCUT2D eigenvalue weighted by Crippen LogP contribution is 2.38. The summed E-state index contributed by atoms with van der Waals surface area (Å²) in [5.41, 5.74) is 0.103. The highest BCUT2D eigenvalue weighted by Gasteiger charge is 2.18. The highest BCUT2D eigenvalue weighted by atomic mass is 79.9. The van der Waals surface area contributed by atoms with Gasteiger partial charge in [0.2, 0.25) is 5.75 Å². The van der Waals surface area contributed by atoms with Crippen LogP contribution in [0.1, 0.15) is 10.4 Å². The van der Waals surface area contributed by atoms with E-state index in [4.69, 9.17) is 18.9 Å². The summed E-state index contributed by atoms with van der Waals surface area (Å²) in [5.74, 6) is -1.98. The SMILES string of the molecule is COc1cc(C(=O)NCC(=O)OCC(=O)Nc2ccc(Br)cc2F)cc(OC)c1OC. The summed E-state index contributed by atoms with van der Waals surface area (Å²) < 4.78 is 34.5. The Hall–Kier alpha value is -3.34. The van der Waals surface area contributed by atoms with Gasteiger partial charge in [-0.15, -0.1) is 0 Å². The predicted octanol–water partition coefficient (Wildman–Crippen LogP) is 2.53. The van der Waals surface area contributed by atoms with Crippen molar-refractivity contribution in [3.8, 4) is 17.2 Å². The summed E-state index contributed by atoms with van der Waals surface area (Å²) in [6.07, 6.45) is 0. The summed E-state index contributed by atoms with van der Waals surface area (Å²) in [5, 5.41) is 4.65. The van der Waals surface area contributed by atoms with Gasteiger partial charge in [-0.2, -0.15) is 0 Å². The molecule has 0 bridgehead atoms. The van der Waals surface area contributed by atoms with Crippen LogP contribution in [-0.4, -0.2) is 52.3 Å². The molecule has 0 atom stereocenters. The fraction of sp³-hybridized carbons (Fsp3) is 0.250. The van der Waals surface area contributed by atoms with E-state index >= 15 is 0 Å². The van der Waals surface area contributed by atoms with Crippen LogP contribution in [0.2, 0.25) is 0 Å². The van der Waals surface area contributed by atoms with Crippen molar-refractivity contribution in [3.63, 3.8) is 0 Å². The first-order chi connectivity index (χ1) is 14.8. The molecule has 0 radical (unpaired) electrons. The molecule has 0 saturated heterocycles. The van der Waals surface area contributed by atoms with E-state index in [0.29, 0.717) is 10.2 Å². The quantitative estimate of drug-likeness (QED) is 0.510. The molecule has 31 heavy (non-hydrogen) atoms. The molecule has 0 spiro atoms. The fourth-order valence-corrected chi connectivity index (χ4v) is 2.77. The first-order valence-corrected chi connectivity index (χ1v) is 9.57. The molecule has 0 unspecified atom stereocenters. The molecule has 0 aliphatic carbocycles. The van der Waals surface area contributed by atoms with Crippen LogP contribution in [0, 0.1) is 5.82 Å². The summed E-state index contributed by atoms with van der Waals surface area (Å²) in [6, 6.07) is 6.92.